The fourth-order valence-electron chi connectivity index (χ4n) is 1.64. The van der Waals surface area contributed by atoms with Crippen LogP contribution in [0.3, 0.4) is 0 Å². The van der Waals surface area contributed by atoms with E-state index in [-0.39, 0.29) is 0 Å². The molecular formula is C10H15NOS. The maximum absolute atomic E-state index is 5.05. The van der Waals surface area contributed by atoms with Crippen molar-refractivity contribution >= 4 is 11.8 Å². The molecule has 1 aliphatic rings. The molecule has 0 spiro atoms. The number of thioether (sulfide) groups is 1. The summed E-state index contributed by atoms with van der Waals surface area (Å²) in [5, 5.41) is 3.60. The van der Waals surface area contributed by atoms with Crippen molar-refractivity contribution in [1.82, 2.24) is 5.32 Å². The van der Waals surface area contributed by atoms with Gasteiger partial charge in [-0.2, -0.15) is 11.8 Å². The van der Waals surface area contributed by atoms with Crippen molar-refractivity contribution in [1.29, 1.82) is 0 Å². The van der Waals surface area contributed by atoms with Gasteiger partial charge in [0.1, 0.15) is 0 Å². The van der Waals surface area contributed by atoms with Gasteiger partial charge in [0.15, 0.2) is 0 Å². The van der Waals surface area contributed by atoms with Crippen LogP contribution in [-0.2, 0) is 0 Å². The molecule has 2 rings (SSSR count). The van der Waals surface area contributed by atoms with Crippen LogP contribution >= 0.6 is 11.8 Å². The molecule has 2 nitrogen and oxygen atoms in total. The molecule has 1 saturated heterocycles. The minimum absolute atomic E-state index is 0.419. The molecule has 1 fully saturated rings. The first-order chi connectivity index (χ1) is 6.36. The van der Waals surface area contributed by atoms with E-state index < -0.39 is 0 Å². The zero-order valence-electron chi connectivity index (χ0n) is 7.82. The predicted molar refractivity (Wildman–Crippen MR) is 56.0 cm³/mol. The summed E-state index contributed by atoms with van der Waals surface area (Å²) in [6, 6.07) is 3.14. The summed E-state index contributed by atoms with van der Waals surface area (Å²) in [7, 11) is 0. The number of furan rings is 1. The number of nitrogens with one attached hydrogen (secondary N) is 1. The van der Waals surface area contributed by atoms with Crippen LogP contribution in [0.2, 0.25) is 0 Å². The largest absolute Gasteiger partial charge is 0.472 e. The zero-order valence-corrected chi connectivity index (χ0v) is 8.64. The monoisotopic (exact) mass is 197 g/mol. The van der Waals surface area contributed by atoms with E-state index in [4.69, 9.17) is 4.42 Å². The van der Waals surface area contributed by atoms with E-state index in [1.807, 2.05) is 24.1 Å². The molecule has 0 aliphatic carbocycles. The van der Waals surface area contributed by atoms with Crippen LogP contribution in [0.5, 0.6) is 0 Å². The Morgan fingerprint density at radius 1 is 1.69 bits per heavy atom. The van der Waals surface area contributed by atoms with Crippen LogP contribution < -0.4 is 5.32 Å². The lowest BCUT2D eigenvalue weighted by molar-refractivity contribution is 0.479. The molecule has 0 saturated carbocycles. The van der Waals surface area contributed by atoms with Crippen molar-refractivity contribution in [3.8, 4) is 0 Å². The van der Waals surface area contributed by atoms with E-state index in [9.17, 15) is 0 Å². The van der Waals surface area contributed by atoms with Gasteiger partial charge in [0.2, 0.25) is 0 Å². The molecule has 2 atom stereocenters. The van der Waals surface area contributed by atoms with Crippen molar-refractivity contribution < 1.29 is 4.42 Å². The van der Waals surface area contributed by atoms with E-state index in [1.54, 1.807) is 6.26 Å². The Hall–Kier alpha value is -0.410. The third-order valence-corrected chi connectivity index (χ3v) is 3.62. The Kier molecular flexibility index (Phi) is 2.96. The summed E-state index contributed by atoms with van der Waals surface area (Å²) in [5.74, 6) is 2.55. The minimum atomic E-state index is 0.419. The van der Waals surface area contributed by atoms with Crippen molar-refractivity contribution in [2.24, 2.45) is 0 Å². The molecule has 0 aromatic carbocycles. The molecular weight excluding hydrogens is 182 g/mol. The van der Waals surface area contributed by atoms with Gasteiger partial charge in [-0.3, -0.25) is 0 Å². The Morgan fingerprint density at radius 2 is 2.62 bits per heavy atom. The molecule has 0 bridgehead atoms. The third-order valence-electron chi connectivity index (χ3n) is 2.46. The van der Waals surface area contributed by atoms with Crippen LogP contribution in [0.4, 0.5) is 0 Å². The maximum atomic E-state index is 5.05. The summed E-state index contributed by atoms with van der Waals surface area (Å²) in [4.78, 5) is 0. The van der Waals surface area contributed by atoms with Crippen LogP contribution in [-0.4, -0.2) is 17.5 Å². The lowest BCUT2D eigenvalue weighted by Crippen LogP contribution is -2.30. The number of hydrogen-bond donors (Lipinski definition) is 1. The Bertz CT molecular complexity index is 241. The van der Waals surface area contributed by atoms with Gasteiger partial charge < -0.3 is 9.73 Å². The van der Waals surface area contributed by atoms with Gasteiger partial charge in [0.25, 0.3) is 0 Å². The summed E-state index contributed by atoms with van der Waals surface area (Å²) >= 11 is 2.04. The second-order valence-electron chi connectivity index (χ2n) is 3.51. The number of hydrogen-bond acceptors (Lipinski definition) is 3. The second-order valence-corrected chi connectivity index (χ2v) is 4.66. The predicted octanol–water partition coefficient (Wildman–Crippen LogP) is 2.44. The highest BCUT2D eigenvalue weighted by atomic mass is 32.2. The van der Waals surface area contributed by atoms with Gasteiger partial charge in [-0.15, -0.1) is 0 Å². The molecule has 2 heterocycles. The Morgan fingerprint density at radius 3 is 3.23 bits per heavy atom. The molecule has 1 aliphatic heterocycles. The standard InChI is InChI=1S/C10H15NOS/c1-8(9-2-4-12-6-9)11-10-3-5-13-7-10/h2,4,6,8,10-11H,3,5,7H2,1H3. The van der Waals surface area contributed by atoms with Gasteiger partial charge in [0, 0.05) is 23.4 Å². The Labute approximate surface area is 83.1 Å². The first kappa shape index (κ1) is 9.16. The molecule has 0 amide bonds. The minimum Gasteiger partial charge on any atom is -0.472 e. The smallest absolute Gasteiger partial charge is 0.0950 e. The normalized spacial score (nSPS) is 24.8. The molecule has 1 aromatic rings. The van der Waals surface area contributed by atoms with Crippen LogP contribution in [0.1, 0.15) is 24.9 Å². The van der Waals surface area contributed by atoms with Gasteiger partial charge in [-0.05, 0) is 25.2 Å². The molecule has 0 radical (unpaired) electrons. The maximum Gasteiger partial charge on any atom is 0.0950 e. The highest BCUT2D eigenvalue weighted by Crippen LogP contribution is 2.21. The van der Waals surface area contributed by atoms with Gasteiger partial charge in [-0.25, -0.2) is 0 Å². The molecule has 72 valence electrons. The fourth-order valence-corrected chi connectivity index (χ4v) is 2.80. The Balaban J connectivity index is 1.87. The average Bonchev–Trinajstić information content (AvgIpc) is 2.74. The first-order valence-electron chi connectivity index (χ1n) is 4.72. The van der Waals surface area contributed by atoms with Crippen LogP contribution in [0.25, 0.3) is 0 Å². The fraction of sp³-hybridized carbons (Fsp3) is 0.600. The quantitative estimate of drug-likeness (QED) is 0.805. The summed E-state index contributed by atoms with van der Waals surface area (Å²) in [6.45, 7) is 2.19. The van der Waals surface area contributed by atoms with Crippen molar-refractivity contribution in [2.75, 3.05) is 11.5 Å². The zero-order chi connectivity index (χ0) is 9.10. The van der Waals surface area contributed by atoms with E-state index >= 15 is 0 Å². The molecule has 1 N–H and O–H groups in total. The molecule has 1 aromatic heterocycles. The average molecular weight is 197 g/mol. The van der Waals surface area contributed by atoms with E-state index in [1.165, 1.54) is 23.5 Å². The van der Waals surface area contributed by atoms with Crippen LogP contribution in [0, 0.1) is 0 Å². The summed E-state index contributed by atoms with van der Waals surface area (Å²) in [6.07, 6.45) is 4.85. The van der Waals surface area contributed by atoms with Gasteiger partial charge in [0.05, 0.1) is 12.5 Å². The highest BCUT2D eigenvalue weighted by molar-refractivity contribution is 7.99. The van der Waals surface area contributed by atoms with E-state index in [0.29, 0.717) is 12.1 Å². The van der Waals surface area contributed by atoms with Gasteiger partial charge in [-0.1, -0.05) is 0 Å². The molecule has 2 unspecified atom stereocenters. The number of rotatable bonds is 3. The lowest BCUT2D eigenvalue weighted by atomic mass is 10.1. The third kappa shape index (κ3) is 2.29. The topological polar surface area (TPSA) is 25.2 Å². The highest BCUT2D eigenvalue weighted by Gasteiger charge is 2.18. The van der Waals surface area contributed by atoms with Crippen molar-refractivity contribution in [3.63, 3.8) is 0 Å². The van der Waals surface area contributed by atoms with Crippen molar-refractivity contribution in [2.45, 2.75) is 25.4 Å². The van der Waals surface area contributed by atoms with E-state index in [2.05, 4.69) is 12.2 Å². The van der Waals surface area contributed by atoms with E-state index in [0.717, 1.165) is 0 Å². The molecule has 3 heteroatoms. The van der Waals surface area contributed by atoms with Crippen molar-refractivity contribution in [3.05, 3.63) is 24.2 Å². The second kappa shape index (κ2) is 4.20. The molecule has 13 heavy (non-hydrogen) atoms. The summed E-state index contributed by atoms with van der Waals surface area (Å²) in [5.41, 5.74) is 1.25. The van der Waals surface area contributed by atoms with Gasteiger partial charge >= 0.3 is 0 Å². The first-order valence-corrected chi connectivity index (χ1v) is 5.87. The van der Waals surface area contributed by atoms with Crippen LogP contribution in [0.15, 0.2) is 23.0 Å². The lowest BCUT2D eigenvalue weighted by Gasteiger charge is -2.17. The SMILES string of the molecule is CC(NC1CCSC1)c1ccoc1. The summed E-state index contributed by atoms with van der Waals surface area (Å²) < 4.78 is 5.05.